The van der Waals surface area contributed by atoms with Crippen molar-refractivity contribution in [2.45, 2.75) is 44.8 Å². The summed E-state index contributed by atoms with van der Waals surface area (Å²) in [5.41, 5.74) is 3.84. The summed E-state index contributed by atoms with van der Waals surface area (Å²) in [6, 6.07) is 4.65. The number of amides is 4. The minimum atomic E-state index is -0.660. The Labute approximate surface area is 206 Å². The first-order chi connectivity index (χ1) is 16.9. The minimum Gasteiger partial charge on any atom is -0.345 e. The SMILES string of the molecule is O=C1CCC(N2Cc3cc(CNC(=O)c4ncc(C5=CCCC(Cl)=C5)cn4)ccc3C2=O)C(=O)N1. The van der Waals surface area contributed by atoms with Crippen LogP contribution in [0.1, 0.15) is 63.4 Å². The lowest BCUT2D eigenvalue weighted by Gasteiger charge is -2.29. The highest BCUT2D eigenvalue weighted by molar-refractivity contribution is 6.30. The second-order valence-corrected chi connectivity index (χ2v) is 9.14. The van der Waals surface area contributed by atoms with Gasteiger partial charge in [-0.3, -0.25) is 24.5 Å². The lowest BCUT2D eigenvalue weighted by atomic mass is 10.0. The third kappa shape index (κ3) is 4.72. The van der Waals surface area contributed by atoms with E-state index in [2.05, 4.69) is 26.7 Å². The zero-order valence-electron chi connectivity index (χ0n) is 18.7. The predicted molar refractivity (Wildman–Crippen MR) is 127 cm³/mol. The highest BCUT2D eigenvalue weighted by Crippen LogP contribution is 2.28. The summed E-state index contributed by atoms with van der Waals surface area (Å²) in [6.45, 7) is 0.508. The maximum atomic E-state index is 12.8. The number of halogens is 1. The molecule has 4 amide bonds. The maximum absolute atomic E-state index is 12.8. The van der Waals surface area contributed by atoms with E-state index in [1.54, 1.807) is 24.5 Å². The normalized spacial score (nSPS) is 19.6. The predicted octanol–water partition coefficient (Wildman–Crippen LogP) is 2.47. The van der Waals surface area contributed by atoms with Crippen molar-refractivity contribution in [1.82, 2.24) is 25.5 Å². The van der Waals surface area contributed by atoms with E-state index in [1.807, 2.05) is 12.1 Å². The van der Waals surface area contributed by atoms with Gasteiger partial charge in [0.1, 0.15) is 6.04 Å². The molecule has 1 aromatic heterocycles. The van der Waals surface area contributed by atoms with Crippen molar-refractivity contribution < 1.29 is 19.2 Å². The molecule has 1 saturated heterocycles. The van der Waals surface area contributed by atoms with E-state index in [1.165, 1.54) is 4.90 Å². The van der Waals surface area contributed by atoms with Crippen LogP contribution in [0.2, 0.25) is 0 Å². The number of carbonyl (C=O) groups is 4. The molecule has 2 N–H and O–H groups in total. The molecule has 1 unspecified atom stereocenters. The number of rotatable bonds is 5. The number of imide groups is 1. The van der Waals surface area contributed by atoms with Gasteiger partial charge < -0.3 is 10.2 Å². The molecule has 35 heavy (non-hydrogen) atoms. The molecule has 0 saturated carbocycles. The van der Waals surface area contributed by atoms with Crippen LogP contribution in [0.3, 0.4) is 0 Å². The summed E-state index contributed by atoms with van der Waals surface area (Å²) >= 11 is 6.11. The largest absolute Gasteiger partial charge is 0.345 e. The molecule has 1 fully saturated rings. The van der Waals surface area contributed by atoms with Crippen molar-refractivity contribution in [1.29, 1.82) is 0 Å². The Bertz CT molecular complexity index is 1300. The zero-order valence-corrected chi connectivity index (χ0v) is 19.5. The summed E-state index contributed by atoms with van der Waals surface area (Å²) in [5, 5.41) is 5.87. The van der Waals surface area contributed by atoms with Crippen LogP contribution in [0.25, 0.3) is 5.57 Å². The van der Waals surface area contributed by atoms with Gasteiger partial charge in [-0.05, 0) is 48.1 Å². The average Bonchev–Trinajstić information content (AvgIpc) is 3.18. The van der Waals surface area contributed by atoms with E-state index in [9.17, 15) is 19.2 Å². The topological polar surface area (TPSA) is 121 Å². The highest BCUT2D eigenvalue weighted by atomic mass is 35.5. The van der Waals surface area contributed by atoms with Gasteiger partial charge in [0.15, 0.2) is 0 Å². The van der Waals surface area contributed by atoms with Gasteiger partial charge in [0.2, 0.25) is 17.6 Å². The molecule has 3 aliphatic rings. The molecule has 10 heteroatoms. The molecule has 0 radical (unpaired) electrons. The van der Waals surface area contributed by atoms with E-state index in [0.29, 0.717) is 12.0 Å². The number of fused-ring (bicyclic) bond motifs is 1. The summed E-state index contributed by atoms with van der Waals surface area (Å²) in [7, 11) is 0. The number of hydrogen-bond acceptors (Lipinski definition) is 6. The van der Waals surface area contributed by atoms with Crippen LogP contribution in [0, 0.1) is 0 Å². The van der Waals surface area contributed by atoms with Crippen molar-refractivity contribution in [2.24, 2.45) is 0 Å². The minimum absolute atomic E-state index is 0.0561. The van der Waals surface area contributed by atoms with Crippen LogP contribution in [0.4, 0.5) is 0 Å². The number of nitrogens with zero attached hydrogens (tertiary/aromatic N) is 3. The van der Waals surface area contributed by atoms with Crippen molar-refractivity contribution in [3.8, 4) is 0 Å². The first-order valence-corrected chi connectivity index (χ1v) is 11.7. The Hall–Kier alpha value is -3.85. The Morgan fingerprint density at radius 3 is 2.71 bits per heavy atom. The van der Waals surface area contributed by atoms with Crippen molar-refractivity contribution in [2.75, 3.05) is 0 Å². The summed E-state index contributed by atoms with van der Waals surface area (Å²) < 4.78 is 0. The van der Waals surface area contributed by atoms with Crippen LogP contribution < -0.4 is 10.6 Å². The Kier molecular flexibility index (Phi) is 6.17. The molecule has 1 aromatic carbocycles. The molecule has 5 rings (SSSR count). The fourth-order valence-corrected chi connectivity index (χ4v) is 4.69. The van der Waals surface area contributed by atoms with Crippen molar-refractivity contribution in [3.63, 3.8) is 0 Å². The van der Waals surface area contributed by atoms with Gasteiger partial charge in [-0.2, -0.15) is 0 Å². The molecule has 3 heterocycles. The van der Waals surface area contributed by atoms with Gasteiger partial charge >= 0.3 is 0 Å². The molecular weight excluding hydrogens is 470 g/mol. The van der Waals surface area contributed by atoms with Gasteiger partial charge in [0, 0.05) is 48.1 Å². The number of hydrogen-bond donors (Lipinski definition) is 2. The number of allylic oxidation sites excluding steroid dienone is 4. The standard InChI is InChI=1S/C25H22ClN5O4/c26-18-3-1-2-15(9-18)17-11-27-22(28-12-17)24(34)29-10-14-4-5-19-16(8-14)13-31(25(19)35)20-6-7-21(32)30-23(20)33/h2,4-5,8-9,11-12,20H,1,3,6-7,10,13H2,(H,29,34)(H,30,32,33). The van der Waals surface area contributed by atoms with E-state index >= 15 is 0 Å². The molecule has 178 valence electrons. The molecule has 2 aliphatic heterocycles. The fourth-order valence-electron chi connectivity index (χ4n) is 4.46. The monoisotopic (exact) mass is 491 g/mol. The number of nitrogens with one attached hydrogen (secondary N) is 2. The smallest absolute Gasteiger partial charge is 0.289 e. The van der Waals surface area contributed by atoms with Crippen LogP contribution >= 0.6 is 11.6 Å². The first-order valence-electron chi connectivity index (χ1n) is 11.3. The first kappa shape index (κ1) is 22.9. The third-order valence-corrected chi connectivity index (χ3v) is 6.59. The van der Waals surface area contributed by atoms with Crippen LogP contribution in [-0.4, -0.2) is 44.5 Å². The second kappa shape index (κ2) is 9.42. The number of piperidine rings is 1. The van der Waals surface area contributed by atoms with Crippen molar-refractivity contribution in [3.05, 3.63) is 75.9 Å². The molecule has 1 aliphatic carbocycles. The molecule has 1 atom stereocenters. The van der Waals surface area contributed by atoms with Gasteiger partial charge in [-0.15, -0.1) is 0 Å². The van der Waals surface area contributed by atoms with Gasteiger partial charge in [-0.1, -0.05) is 29.8 Å². The lowest BCUT2D eigenvalue weighted by molar-refractivity contribution is -0.136. The second-order valence-electron chi connectivity index (χ2n) is 8.66. The van der Waals surface area contributed by atoms with E-state index in [0.717, 1.165) is 40.1 Å². The Morgan fingerprint density at radius 2 is 1.97 bits per heavy atom. The number of carbonyl (C=O) groups excluding carboxylic acids is 4. The maximum Gasteiger partial charge on any atom is 0.289 e. The van der Waals surface area contributed by atoms with E-state index < -0.39 is 17.9 Å². The quantitative estimate of drug-likeness (QED) is 0.620. The van der Waals surface area contributed by atoms with E-state index in [-0.39, 0.29) is 37.1 Å². The molecule has 9 nitrogen and oxygen atoms in total. The highest BCUT2D eigenvalue weighted by Gasteiger charge is 2.39. The fraction of sp³-hybridized carbons (Fsp3) is 0.280. The number of benzene rings is 1. The zero-order chi connectivity index (χ0) is 24.5. The lowest BCUT2D eigenvalue weighted by Crippen LogP contribution is -2.52. The van der Waals surface area contributed by atoms with Gasteiger partial charge in [-0.25, -0.2) is 9.97 Å². The summed E-state index contributed by atoms with van der Waals surface area (Å²) in [6.07, 6.45) is 9.33. The summed E-state index contributed by atoms with van der Waals surface area (Å²) in [4.78, 5) is 58.8. The van der Waals surface area contributed by atoms with Gasteiger partial charge in [0.25, 0.3) is 11.8 Å². The molecular formula is C25H22ClN5O4. The average molecular weight is 492 g/mol. The molecule has 2 aromatic rings. The van der Waals surface area contributed by atoms with Gasteiger partial charge in [0.05, 0.1) is 0 Å². The van der Waals surface area contributed by atoms with E-state index in [4.69, 9.17) is 11.6 Å². The molecule has 0 spiro atoms. The van der Waals surface area contributed by atoms with Crippen LogP contribution in [-0.2, 0) is 22.7 Å². The third-order valence-electron chi connectivity index (χ3n) is 6.29. The van der Waals surface area contributed by atoms with Crippen LogP contribution in [0.5, 0.6) is 0 Å². The Balaban J connectivity index is 1.21. The molecule has 0 bridgehead atoms. The number of aromatic nitrogens is 2. The van der Waals surface area contributed by atoms with Crippen molar-refractivity contribution >= 4 is 40.8 Å². The van der Waals surface area contributed by atoms with Crippen LogP contribution in [0.15, 0.2) is 47.8 Å². The summed E-state index contributed by atoms with van der Waals surface area (Å²) in [5.74, 6) is -1.35. The Morgan fingerprint density at radius 1 is 1.17 bits per heavy atom.